The summed E-state index contributed by atoms with van der Waals surface area (Å²) in [5.74, 6) is -0.579. The van der Waals surface area contributed by atoms with E-state index in [1.165, 1.54) is 11.8 Å². The van der Waals surface area contributed by atoms with Crippen LogP contribution in [0.15, 0.2) is 53.4 Å². The van der Waals surface area contributed by atoms with Crippen LogP contribution in [0.5, 0.6) is 0 Å². The number of benzene rings is 2. The summed E-state index contributed by atoms with van der Waals surface area (Å²) < 4.78 is 38.2. The van der Waals surface area contributed by atoms with Crippen LogP contribution < -0.4 is 5.32 Å². The molecule has 1 saturated heterocycles. The van der Waals surface area contributed by atoms with Crippen LogP contribution in [0.25, 0.3) is 11.1 Å². The lowest BCUT2D eigenvalue weighted by Crippen LogP contribution is -2.58. The first-order valence-corrected chi connectivity index (χ1v) is 15.0. The normalized spacial score (nSPS) is 18.2. The molecule has 1 atom stereocenters. The first-order chi connectivity index (χ1) is 17.6. The molecule has 2 aromatic carbocycles. The van der Waals surface area contributed by atoms with Gasteiger partial charge < -0.3 is 19.9 Å². The zero-order chi connectivity index (χ0) is 27.1. The topological polar surface area (TPSA) is 105 Å². The Morgan fingerprint density at radius 1 is 1.08 bits per heavy atom. The molecule has 2 N–H and O–H groups in total. The minimum absolute atomic E-state index is 0.100. The van der Waals surface area contributed by atoms with Gasteiger partial charge in [-0.1, -0.05) is 36.4 Å². The number of carboxylic acids is 1. The van der Waals surface area contributed by atoms with Crippen LogP contribution in [0, 0.1) is 0 Å². The van der Waals surface area contributed by atoms with Gasteiger partial charge in [0.15, 0.2) is 6.29 Å². The van der Waals surface area contributed by atoms with Gasteiger partial charge in [0.2, 0.25) is 10.0 Å². The summed E-state index contributed by atoms with van der Waals surface area (Å²) in [4.78, 5) is 12.1. The molecule has 10 heteroatoms. The zero-order valence-electron chi connectivity index (χ0n) is 22.0. The first-order valence-electron chi connectivity index (χ1n) is 12.6. The van der Waals surface area contributed by atoms with Crippen molar-refractivity contribution in [3.63, 3.8) is 0 Å². The van der Waals surface area contributed by atoms with E-state index in [-0.39, 0.29) is 17.7 Å². The predicted octanol–water partition coefficient (Wildman–Crippen LogP) is 4.20. The van der Waals surface area contributed by atoms with Gasteiger partial charge in [-0.25, -0.2) is 8.42 Å². The van der Waals surface area contributed by atoms with E-state index in [1.807, 2.05) is 38.1 Å². The molecule has 0 radical (unpaired) electrons. The molecular formula is C27H38N2O6S2. The molecule has 2 aromatic rings. The van der Waals surface area contributed by atoms with Crippen LogP contribution in [0.3, 0.4) is 0 Å². The van der Waals surface area contributed by atoms with E-state index in [2.05, 4.69) is 5.32 Å². The fourth-order valence-electron chi connectivity index (χ4n) is 4.44. The molecule has 0 amide bonds. The molecule has 0 unspecified atom stereocenters. The molecule has 0 aromatic heterocycles. The van der Waals surface area contributed by atoms with Gasteiger partial charge in [0.25, 0.3) is 0 Å². The molecule has 0 saturated carbocycles. The Balaban J connectivity index is 1.63. The predicted molar refractivity (Wildman–Crippen MR) is 147 cm³/mol. The number of sulfonamides is 1. The standard InChI is InChI=1S/C27H38N2O6S2/c1-5-34-24(35-6-2)15-16-28-19-20-7-9-21(10-8-20)22-11-13-23(14-12-22)37(32,33)29-17-18-36-27(3,4)25(29)26(30)31/h7-14,24-25,28H,5-6,15-19H2,1-4H3,(H,30,31)/t25-/m0/s1. The highest BCUT2D eigenvalue weighted by molar-refractivity contribution is 8.00. The molecule has 1 fully saturated rings. The van der Waals surface area contributed by atoms with Gasteiger partial charge in [0.1, 0.15) is 6.04 Å². The minimum Gasteiger partial charge on any atom is -0.480 e. The molecule has 0 spiro atoms. The third-order valence-corrected chi connectivity index (χ3v) is 9.54. The van der Waals surface area contributed by atoms with Gasteiger partial charge in [0.05, 0.1) is 4.90 Å². The van der Waals surface area contributed by atoms with Gasteiger partial charge in [-0.3, -0.25) is 4.79 Å². The molecule has 1 aliphatic heterocycles. The summed E-state index contributed by atoms with van der Waals surface area (Å²) in [5, 5.41) is 13.2. The van der Waals surface area contributed by atoms with Crippen LogP contribution in [-0.2, 0) is 30.8 Å². The van der Waals surface area contributed by atoms with E-state index in [4.69, 9.17) is 9.47 Å². The number of hydrogen-bond acceptors (Lipinski definition) is 7. The van der Waals surface area contributed by atoms with E-state index in [9.17, 15) is 18.3 Å². The second-order valence-electron chi connectivity index (χ2n) is 9.34. The monoisotopic (exact) mass is 550 g/mol. The highest BCUT2D eigenvalue weighted by atomic mass is 32.2. The van der Waals surface area contributed by atoms with Crippen molar-refractivity contribution in [2.24, 2.45) is 0 Å². The number of aliphatic carboxylic acids is 1. The summed E-state index contributed by atoms with van der Waals surface area (Å²) in [6, 6.07) is 13.6. The Hall–Kier alpha value is -1.95. The number of carboxylic acid groups (broad SMARTS) is 1. The number of thioether (sulfide) groups is 1. The SMILES string of the molecule is CCOC(CCNCc1ccc(-c2ccc(S(=O)(=O)N3CCSC(C)(C)[C@@H]3C(=O)O)cc2)cc1)OCC. The summed E-state index contributed by atoms with van der Waals surface area (Å²) in [6.07, 6.45) is 0.586. The van der Waals surface area contributed by atoms with Crippen LogP contribution >= 0.6 is 11.8 Å². The third-order valence-electron chi connectivity index (χ3n) is 6.31. The lowest BCUT2D eigenvalue weighted by molar-refractivity contribution is -0.142. The van der Waals surface area contributed by atoms with E-state index in [0.717, 1.165) is 40.5 Å². The van der Waals surface area contributed by atoms with Crippen molar-refractivity contribution in [2.75, 3.05) is 32.1 Å². The van der Waals surface area contributed by atoms with E-state index in [0.29, 0.717) is 19.0 Å². The van der Waals surface area contributed by atoms with Crippen LogP contribution in [0.4, 0.5) is 0 Å². The molecule has 0 bridgehead atoms. The Morgan fingerprint density at radius 3 is 2.19 bits per heavy atom. The smallest absolute Gasteiger partial charge is 0.323 e. The molecular weight excluding hydrogens is 512 g/mol. The Labute approximate surface area is 224 Å². The van der Waals surface area contributed by atoms with Crippen molar-refractivity contribution in [3.05, 3.63) is 54.1 Å². The lowest BCUT2D eigenvalue weighted by atomic mass is 10.0. The minimum atomic E-state index is -3.95. The average Bonchev–Trinajstić information content (AvgIpc) is 2.86. The lowest BCUT2D eigenvalue weighted by Gasteiger charge is -2.42. The van der Waals surface area contributed by atoms with Crippen LogP contribution in [0.2, 0.25) is 0 Å². The number of rotatable bonds is 13. The maximum absolute atomic E-state index is 13.4. The van der Waals surface area contributed by atoms with Gasteiger partial charge >= 0.3 is 5.97 Å². The summed E-state index contributed by atoms with van der Waals surface area (Å²) in [6.45, 7) is 10.4. The van der Waals surface area contributed by atoms with Crippen molar-refractivity contribution in [2.45, 2.75) is 62.6 Å². The highest BCUT2D eigenvalue weighted by Gasteiger charge is 2.48. The number of carbonyl (C=O) groups is 1. The maximum Gasteiger partial charge on any atom is 0.323 e. The second-order valence-corrected chi connectivity index (χ2v) is 13.0. The second kappa shape index (κ2) is 13.2. The quantitative estimate of drug-likeness (QED) is 0.282. The maximum atomic E-state index is 13.4. The van der Waals surface area contributed by atoms with E-state index < -0.39 is 26.8 Å². The van der Waals surface area contributed by atoms with E-state index >= 15 is 0 Å². The summed E-state index contributed by atoms with van der Waals surface area (Å²) in [5.41, 5.74) is 3.00. The van der Waals surface area contributed by atoms with Crippen LogP contribution in [0.1, 0.15) is 39.7 Å². The molecule has 37 heavy (non-hydrogen) atoms. The van der Waals surface area contributed by atoms with Gasteiger partial charge in [-0.05, 0) is 56.5 Å². The fraction of sp³-hybridized carbons (Fsp3) is 0.519. The number of nitrogens with one attached hydrogen (secondary N) is 1. The Morgan fingerprint density at radius 2 is 1.65 bits per heavy atom. The summed E-state index contributed by atoms with van der Waals surface area (Å²) in [7, 11) is -3.95. The molecule has 8 nitrogen and oxygen atoms in total. The molecule has 0 aliphatic carbocycles. The first kappa shape index (κ1) is 29.6. The molecule has 1 heterocycles. The largest absolute Gasteiger partial charge is 0.480 e. The van der Waals surface area contributed by atoms with E-state index in [1.54, 1.807) is 38.1 Å². The molecule has 204 valence electrons. The highest BCUT2D eigenvalue weighted by Crippen LogP contribution is 2.38. The fourth-order valence-corrected chi connectivity index (χ4v) is 7.54. The number of nitrogens with zero attached hydrogens (tertiary/aromatic N) is 1. The van der Waals surface area contributed by atoms with Gasteiger partial charge in [-0.2, -0.15) is 16.1 Å². The van der Waals surface area contributed by atoms with Gasteiger partial charge in [-0.15, -0.1) is 0 Å². The third kappa shape index (κ3) is 7.55. The molecule has 1 aliphatic rings. The molecule has 3 rings (SSSR count). The number of ether oxygens (including phenoxy) is 2. The summed E-state index contributed by atoms with van der Waals surface area (Å²) >= 11 is 1.48. The van der Waals surface area contributed by atoms with Crippen molar-refractivity contribution in [1.82, 2.24) is 9.62 Å². The van der Waals surface area contributed by atoms with Crippen molar-refractivity contribution in [1.29, 1.82) is 0 Å². The Bertz CT molecular complexity index is 1110. The zero-order valence-corrected chi connectivity index (χ0v) is 23.6. The van der Waals surface area contributed by atoms with Crippen molar-refractivity contribution < 1.29 is 27.8 Å². The Kier molecular flexibility index (Phi) is 10.6. The van der Waals surface area contributed by atoms with Gasteiger partial charge in [0, 0.05) is 49.8 Å². The number of hydrogen-bond donors (Lipinski definition) is 2. The van der Waals surface area contributed by atoms with Crippen molar-refractivity contribution >= 4 is 27.8 Å². The van der Waals surface area contributed by atoms with Crippen molar-refractivity contribution in [3.8, 4) is 11.1 Å². The van der Waals surface area contributed by atoms with Crippen LogP contribution in [-0.4, -0.2) is 72.9 Å². The average molecular weight is 551 g/mol.